The van der Waals surface area contributed by atoms with Crippen molar-refractivity contribution in [3.8, 4) is 0 Å². The Balaban J connectivity index is 2.31. The highest BCUT2D eigenvalue weighted by Gasteiger charge is 2.57. The molecule has 1 aliphatic rings. The van der Waals surface area contributed by atoms with Crippen LogP contribution >= 0.6 is 28.4 Å². The average molecular weight is 431 g/mol. The zero-order chi connectivity index (χ0) is 15.8. The number of nitro benzene ring substituents is 1. The summed E-state index contributed by atoms with van der Waals surface area (Å²) in [4.78, 5) is 10.2. The Kier molecular flexibility index (Phi) is 4.72. The number of nitrogens with one attached hydrogen (secondary N) is 2. The molecular weight excluding hydrogens is 421 g/mol. The lowest BCUT2D eigenvalue weighted by molar-refractivity contribution is -0.384. The predicted octanol–water partition coefficient (Wildman–Crippen LogP) is 4.52. The van der Waals surface area contributed by atoms with E-state index < -0.39 is 22.9 Å². The molecule has 21 heavy (non-hydrogen) atoms. The molecule has 3 atom stereocenters. The number of nitro groups is 1. The molecular formula is C11H10F3IN3O2P. The van der Waals surface area contributed by atoms with Crippen LogP contribution in [-0.4, -0.2) is 16.8 Å². The largest absolute Gasteiger partial charge is 0.392 e. The number of hydrogen-bond acceptors (Lipinski definition) is 4. The molecule has 5 nitrogen and oxygen atoms in total. The molecule has 10 heteroatoms. The number of hydrogen-bond donors (Lipinski definition) is 2. The van der Waals surface area contributed by atoms with Crippen molar-refractivity contribution in [2.24, 2.45) is 11.8 Å². The summed E-state index contributed by atoms with van der Waals surface area (Å²) < 4.78 is 37.8. The van der Waals surface area contributed by atoms with Gasteiger partial charge in [-0.3, -0.25) is 10.1 Å². The predicted molar refractivity (Wildman–Crippen MR) is 83.5 cm³/mol. The third kappa shape index (κ3) is 3.63. The SMILES string of the molecule is N=C(c1cc([N+](=O)[O-])ccc1NPI)C1CC1C(F)(F)F. The fourth-order valence-electron chi connectivity index (χ4n) is 2.10. The van der Waals surface area contributed by atoms with E-state index in [9.17, 15) is 23.3 Å². The van der Waals surface area contributed by atoms with Gasteiger partial charge in [-0.2, -0.15) is 13.2 Å². The standard InChI is InChI=1S/C11H10F3IN3O2P/c12-11(13,14)8-4-6(8)10(16)7-3-5(18(19)20)1-2-9(7)17-21-15/h1-3,6,8,16-17,21H,4H2. The minimum absolute atomic E-state index is 0.128. The van der Waals surface area contributed by atoms with Gasteiger partial charge in [0, 0.05) is 41.4 Å². The van der Waals surface area contributed by atoms with Gasteiger partial charge in [0.2, 0.25) is 0 Å². The van der Waals surface area contributed by atoms with Crippen LogP contribution in [0.2, 0.25) is 0 Å². The van der Waals surface area contributed by atoms with Crippen molar-refractivity contribution in [3.05, 3.63) is 33.9 Å². The summed E-state index contributed by atoms with van der Waals surface area (Å²) in [6.07, 6.45) is -4.21. The number of non-ortho nitro benzene ring substituents is 1. The second kappa shape index (κ2) is 6.04. The number of benzene rings is 1. The van der Waals surface area contributed by atoms with Crippen molar-refractivity contribution in [2.45, 2.75) is 12.6 Å². The number of anilines is 1. The second-order valence-electron chi connectivity index (χ2n) is 4.61. The topological polar surface area (TPSA) is 79.0 Å². The molecule has 0 spiro atoms. The van der Waals surface area contributed by atoms with Crippen molar-refractivity contribution >= 4 is 45.5 Å². The summed E-state index contributed by atoms with van der Waals surface area (Å²) in [6, 6.07) is 3.86. The molecule has 114 valence electrons. The fourth-order valence-corrected chi connectivity index (χ4v) is 3.30. The molecule has 2 N–H and O–H groups in total. The molecule has 1 aromatic carbocycles. The third-order valence-corrected chi connectivity index (χ3v) is 4.44. The summed E-state index contributed by atoms with van der Waals surface area (Å²) in [5.74, 6) is -2.43. The van der Waals surface area contributed by atoms with Crippen molar-refractivity contribution < 1.29 is 18.1 Å². The van der Waals surface area contributed by atoms with E-state index in [1.807, 2.05) is 22.0 Å². The van der Waals surface area contributed by atoms with Crippen LogP contribution in [0.3, 0.4) is 0 Å². The molecule has 0 saturated heterocycles. The molecule has 0 radical (unpaired) electrons. The second-order valence-corrected chi connectivity index (χ2v) is 6.67. The van der Waals surface area contributed by atoms with Crippen molar-refractivity contribution in [1.29, 1.82) is 5.41 Å². The molecule has 3 unspecified atom stereocenters. The maximum absolute atomic E-state index is 12.6. The molecule has 2 rings (SSSR count). The normalized spacial score (nSPS) is 21.5. The maximum atomic E-state index is 12.6. The van der Waals surface area contributed by atoms with Crippen molar-refractivity contribution in [3.63, 3.8) is 0 Å². The summed E-state index contributed by atoms with van der Waals surface area (Å²) in [5, 5.41) is 21.7. The van der Waals surface area contributed by atoms with Gasteiger partial charge >= 0.3 is 6.18 Å². The lowest BCUT2D eigenvalue weighted by atomic mass is 10.0. The number of halogens is 4. The zero-order valence-corrected chi connectivity index (χ0v) is 13.5. The highest BCUT2D eigenvalue weighted by molar-refractivity contribution is 14.2. The zero-order valence-electron chi connectivity index (χ0n) is 10.4. The molecule has 1 fully saturated rings. The average Bonchev–Trinajstić information content (AvgIpc) is 3.18. The Morgan fingerprint density at radius 3 is 2.67 bits per heavy atom. The molecule has 0 aliphatic heterocycles. The van der Waals surface area contributed by atoms with Gasteiger partial charge in [0.15, 0.2) is 0 Å². The van der Waals surface area contributed by atoms with Gasteiger partial charge < -0.3 is 10.5 Å². The summed E-state index contributed by atoms with van der Waals surface area (Å²) in [7, 11) is 0. The lowest BCUT2D eigenvalue weighted by Crippen LogP contribution is -2.16. The Hall–Kier alpha value is -0.960. The maximum Gasteiger partial charge on any atom is 0.392 e. The van der Waals surface area contributed by atoms with Gasteiger partial charge in [0.1, 0.15) is 0 Å². The Morgan fingerprint density at radius 2 is 2.19 bits per heavy atom. The van der Waals surface area contributed by atoms with Gasteiger partial charge in [-0.1, -0.05) is 0 Å². The summed E-state index contributed by atoms with van der Waals surface area (Å²) in [5.41, 5.74) is 0.191. The van der Waals surface area contributed by atoms with Crippen LogP contribution in [0.1, 0.15) is 12.0 Å². The van der Waals surface area contributed by atoms with Gasteiger partial charge in [-0.15, -0.1) is 0 Å². The number of alkyl halides is 3. The molecule has 0 amide bonds. The first kappa shape index (κ1) is 16.4. The fraction of sp³-hybridized carbons (Fsp3) is 0.364. The Labute approximate surface area is 132 Å². The summed E-state index contributed by atoms with van der Waals surface area (Å²) in [6.45, 7) is 0. The highest BCUT2D eigenvalue weighted by Crippen LogP contribution is 2.52. The first-order valence-electron chi connectivity index (χ1n) is 5.81. The van der Waals surface area contributed by atoms with Gasteiger partial charge in [0.25, 0.3) is 5.69 Å². The molecule has 1 saturated carbocycles. The van der Waals surface area contributed by atoms with E-state index in [0.29, 0.717) is 5.69 Å². The van der Waals surface area contributed by atoms with E-state index in [-0.39, 0.29) is 29.8 Å². The van der Waals surface area contributed by atoms with E-state index in [2.05, 4.69) is 5.09 Å². The van der Waals surface area contributed by atoms with Gasteiger partial charge in [-0.05, 0) is 34.5 Å². The Morgan fingerprint density at radius 1 is 1.52 bits per heavy atom. The lowest BCUT2D eigenvalue weighted by Gasteiger charge is -2.12. The van der Waals surface area contributed by atoms with Crippen LogP contribution < -0.4 is 5.09 Å². The van der Waals surface area contributed by atoms with Crippen LogP contribution in [0.15, 0.2) is 18.2 Å². The molecule has 0 heterocycles. The molecule has 0 aromatic heterocycles. The number of rotatable bonds is 5. The van der Waals surface area contributed by atoms with Crippen molar-refractivity contribution in [2.75, 3.05) is 5.09 Å². The highest BCUT2D eigenvalue weighted by atomic mass is 127. The summed E-state index contributed by atoms with van der Waals surface area (Å²) >= 11 is 2.04. The van der Waals surface area contributed by atoms with Gasteiger partial charge in [-0.25, -0.2) is 0 Å². The van der Waals surface area contributed by atoms with E-state index in [1.165, 1.54) is 12.1 Å². The van der Waals surface area contributed by atoms with Crippen molar-refractivity contribution in [1.82, 2.24) is 0 Å². The molecule has 1 aromatic rings. The first-order chi connectivity index (χ1) is 9.75. The minimum atomic E-state index is -4.32. The Bertz CT molecular complexity index is 597. The van der Waals surface area contributed by atoms with E-state index in [0.717, 1.165) is 6.07 Å². The van der Waals surface area contributed by atoms with Crippen LogP contribution in [-0.2, 0) is 0 Å². The first-order valence-corrected chi connectivity index (χ1v) is 9.92. The van der Waals surface area contributed by atoms with E-state index in [4.69, 9.17) is 5.41 Å². The minimum Gasteiger partial charge on any atom is -0.358 e. The van der Waals surface area contributed by atoms with Crippen LogP contribution in [0.5, 0.6) is 0 Å². The quantitative estimate of drug-likeness (QED) is 0.237. The monoisotopic (exact) mass is 431 g/mol. The van der Waals surface area contributed by atoms with E-state index >= 15 is 0 Å². The van der Waals surface area contributed by atoms with Crippen LogP contribution in [0, 0.1) is 27.4 Å². The number of nitrogens with zero attached hydrogens (tertiary/aromatic N) is 1. The molecule has 0 bridgehead atoms. The molecule has 1 aliphatic carbocycles. The smallest absolute Gasteiger partial charge is 0.358 e. The third-order valence-electron chi connectivity index (χ3n) is 3.27. The van der Waals surface area contributed by atoms with Crippen LogP contribution in [0.25, 0.3) is 0 Å². The van der Waals surface area contributed by atoms with E-state index in [1.54, 1.807) is 0 Å². The van der Waals surface area contributed by atoms with Gasteiger partial charge in [0.05, 0.1) is 10.8 Å². The van der Waals surface area contributed by atoms with Crippen LogP contribution in [0.4, 0.5) is 24.5 Å².